The predicted octanol–water partition coefficient (Wildman–Crippen LogP) is 2.22. The lowest BCUT2D eigenvalue weighted by atomic mass is 9.97. The standard InChI is InChI=1S/C16H26N2O/c1-13(2)18-9-5-8-17-11-14-10-15-6-3-4-7-16(15)19-12-14/h3-4,6-7,13-14,17-18H,5,8-12H2,1-2H3. The minimum atomic E-state index is 0.586. The summed E-state index contributed by atoms with van der Waals surface area (Å²) in [5.41, 5.74) is 1.35. The fourth-order valence-corrected chi connectivity index (χ4v) is 2.43. The van der Waals surface area contributed by atoms with Crippen LogP contribution in [0.4, 0.5) is 0 Å². The zero-order valence-electron chi connectivity index (χ0n) is 12.1. The number of nitrogens with one attached hydrogen (secondary N) is 2. The van der Waals surface area contributed by atoms with Crippen molar-refractivity contribution in [1.82, 2.24) is 10.6 Å². The summed E-state index contributed by atoms with van der Waals surface area (Å²) in [5, 5.41) is 6.97. The largest absolute Gasteiger partial charge is 0.493 e. The van der Waals surface area contributed by atoms with E-state index in [4.69, 9.17) is 4.74 Å². The van der Waals surface area contributed by atoms with E-state index in [2.05, 4.69) is 42.7 Å². The van der Waals surface area contributed by atoms with Gasteiger partial charge in [-0.2, -0.15) is 0 Å². The molecule has 1 aromatic carbocycles. The summed E-state index contributed by atoms with van der Waals surface area (Å²) in [6, 6.07) is 8.96. The minimum absolute atomic E-state index is 0.586. The molecule has 1 unspecified atom stereocenters. The summed E-state index contributed by atoms with van der Waals surface area (Å²) in [6.45, 7) is 8.44. The number of ether oxygens (including phenoxy) is 1. The Bertz CT molecular complexity index is 379. The van der Waals surface area contributed by atoms with Crippen LogP contribution < -0.4 is 15.4 Å². The number of rotatable bonds is 7. The number of hydrogen-bond donors (Lipinski definition) is 2. The lowest BCUT2D eigenvalue weighted by molar-refractivity contribution is 0.218. The third kappa shape index (κ3) is 4.84. The van der Waals surface area contributed by atoms with Gasteiger partial charge in [-0.15, -0.1) is 0 Å². The van der Waals surface area contributed by atoms with E-state index < -0.39 is 0 Å². The SMILES string of the molecule is CC(C)NCCCNCC1COc2ccccc2C1. The Kier molecular flexibility index (Phi) is 5.67. The van der Waals surface area contributed by atoms with Gasteiger partial charge in [0.25, 0.3) is 0 Å². The average Bonchev–Trinajstić information content (AvgIpc) is 2.42. The van der Waals surface area contributed by atoms with Gasteiger partial charge in [0, 0.05) is 18.5 Å². The topological polar surface area (TPSA) is 33.3 Å². The van der Waals surface area contributed by atoms with Gasteiger partial charge in [-0.3, -0.25) is 0 Å². The summed E-state index contributed by atoms with van der Waals surface area (Å²) in [5.74, 6) is 1.67. The van der Waals surface area contributed by atoms with E-state index in [9.17, 15) is 0 Å². The van der Waals surface area contributed by atoms with Crippen LogP contribution in [-0.4, -0.2) is 32.3 Å². The molecule has 1 atom stereocenters. The molecule has 1 aromatic rings. The summed E-state index contributed by atoms with van der Waals surface area (Å²) in [7, 11) is 0. The first-order chi connectivity index (χ1) is 9.25. The average molecular weight is 262 g/mol. The Morgan fingerprint density at radius 1 is 1.26 bits per heavy atom. The molecule has 1 heterocycles. The molecule has 3 heteroatoms. The van der Waals surface area contributed by atoms with Gasteiger partial charge in [0.05, 0.1) is 6.61 Å². The van der Waals surface area contributed by atoms with Crippen LogP contribution in [0.2, 0.25) is 0 Å². The van der Waals surface area contributed by atoms with Gasteiger partial charge in [-0.05, 0) is 37.6 Å². The second-order valence-corrected chi connectivity index (χ2v) is 5.66. The normalized spacial score (nSPS) is 18.2. The summed E-state index contributed by atoms with van der Waals surface area (Å²) < 4.78 is 5.79. The maximum atomic E-state index is 5.79. The molecule has 0 spiro atoms. The number of fused-ring (bicyclic) bond motifs is 1. The van der Waals surface area contributed by atoms with Gasteiger partial charge in [0.15, 0.2) is 0 Å². The molecule has 0 amide bonds. The molecule has 0 fully saturated rings. The highest BCUT2D eigenvalue weighted by atomic mass is 16.5. The third-order valence-corrected chi connectivity index (χ3v) is 3.47. The van der Waals surface area contributed by atoms with Crippen molar-refractivity contribution in [3.63, 3.8) is 0 Å². The first-order valence-electron chi connectivity index (χ1n) is 7.40. The van der Waals surface area contributed by atoms with Crippen LogP contribution >= 0.6 is 0 Å². The second kappa shape index (κ2) is 7.51. The van der Waals surface area contributed by atoms with Gasteiger partial charge in [0.1, 0.15) is 5.75 Å². The highest BCUT2D eigenvalue weighted by Crippen LogP contribution is 2.26. The first kappa shape index (κ1) is 14.4. The molecule has 19 heavy (non-hydrogen) atoms. The van der Waals surface area contributed by atoms with Gasteiger partial charge in [-0.1, -0.05) is 32.0 Å². The highest BCUT2D eigenvalue weighted by molar-refractivity contribution is 5.35. The Hall–Kier alpha value is -1.06. The highest BCUT2D eigenvalue weighted by Gasteiger charge is 2.18. The van der Waals surface area contributed by atoms with Crippen LogP contribution in [0, 0.1) is 5.92 Å². The monoisotopic (exact) mass is 262 g/mol. The van der Waals surface area contributed by atoms with Crippen molar-refractivity contribution in [2.24, 2.45) is 5.92 Å². The molecule has 106 valence electrons. The van der Waals surface area contributed by atoms with Crippen molar-refractivity contribution in [1.29, 1.82) is 0 Å². The fourth-order valence-electron chi connectivity index (χ4n) is 2.43. The van der Waals surface area contributed by atoms with Gasteiger partial charge >= 0.3 is 0 Å². The molecule has 0 saturated carbocycles. The van der Waals surface area contributed by atoms with Gasteiger partial charge in [-0.25, -0.2) is 0 Å². The quantitative estimate of drug-likeness (QED) is 0.739. The van der Waals surface area contributed by atoms with Crippen molar-refractivity contribution < 1.29 is 4.74 Å². The van der Waals surface area contributed by atoms with E-state index in [0.717, 1.165) is 38.4 Å². The number of para-hydroxylation sites is 1. The Morgan fingerprint density at radius 3 is 2.95 bits per heavy atom. The Morgan fingerprint density at radius 2 is 2.11 bits per heavy atom. The van der Waals surface area contributed by atoms with Crippen LogP contribution in [0.15, 0.2) is 24.3 Å². The van der Waals surface area contributed by atoms with Crippen LogP contribution in [0.25, 0.3) is 0 Å². The molecule has 2 rings (SSSR count). The number of hydrogen-bond acceptors (Lipinski definition) is 3. The lowest BCUT2D eigenvalue weighted by Crippen LogP contribution is -2.33. The van der Waals surface area contributed by atoms with E-state index >= 15 is 0 Å². The first-order valence-corrected chi connectivity index (χ1v) is 7.40. The van der Waals surface area contributed by atoms with Crippen LogP contribution in [-0.2, 0) is 6.42 Å². The molecule has 3 nitrogen and oxygen atoms in total. The summed E-state index contributed by atoms with van der Waals surface area (Å²) in [4.78, 5) is 0. The van der Waals surface area contributed by atoms with Crippen molar-refractivity contribution in [2.45, 2.75) is 32.7 Å². The zero-order valence-corrected chi connectivity index (χ0v) is 12.1. The molecule has 2 N–H and O–H groups in total. The molecule has 1 aliphatic rings. The second-order valence-electron chi connectivity index (χ2n) is 5.66. The molecule has 0 aromatic heterocycles. The molecular formula is C16H26N2O. The Labute approximate surface area is 116 Å². The van der Waals surface area contributed by atoms with Crippen molar-refractivity contribution in [3.05, 3.63) is 29.8 Å². The van der Waals surface area contributed by atoms with Gasteiger partial charge < -0.3 is 15.4 Å². The van der Waals surface area contributed by atoms with E-state index in [-0.39, 0.29) is 0 Å². The Balaban J connectivity index is 1.61. The zero-order chi connectivity index (χ0) is 13.5. The van der Waals surface area contributed by atoms with E-state index in [1.165, 1.54) is 12.0 Å². The lowest BCUT2D eigenvalue weighted by Gasteiger charge is -2.25. The van der Waals surface area contributed by atoms with Gasteiger partial charge in [0.2, 0.25) is 0 Å². The molecule has 0 bridgehead atoms. The van der Waals surface area contributed by atoms with E-state index in [1.807, 2.05) is 6.07 Å². The number of benzene rings is 1. The van der Waals surface area contributed by atoms with E-state index in [1.54, 1.807) is 0 Å². The third-order valence-electron chi connectivity index (χ3n) is 3.47. The van der Waals surface area contributed by atoms with Crippen LogP contribution in [0.5, 0.6) is 5.75 Å². The van der Waals surface area contributed by atoms with Crippen LogP contribution in [0.1, 0.15) is 25.8 Å². The predicted molar refractivity (Wildman–Crippen MR) is 79.8 cm³/mol. The summed E-state index contributed by atoms with van der Waals surface area (Å²) >= 11 is 0. The molecule has 1 aliphatic heterocycles. The van der Waals surface area contributed by atoms with Crippen molar-refractivity contribution in [2.75, 3.05) is 26.2 Å². The van der Waals surface area contributed by atoms with Crippen LogP contribution in [0.3, 0.4) is 0 Å². The van der Waals surface area contributed by atoms with Crippen molar-refractivity contribution in [3.8, 4) is 5.75 Å². The molecule has 0 aliphatic carbocycles. The maximum Gasteiger partial charge on any atom is 0.122 e. The molecule has 0 saturated heterocycles. The minimum Gasteiger partial charge on any atom is -0.493 e. The van der Waals surface area contributed by atoms with Crippen molar-refractivity contribution >= 4 is 0 Å². The smallest absolute Gasteiger partial charge is 0.122 e. The van der Waals surface area contributed by atoms with E-state index in [0.29, 0.717) is 12.0 Å². The molecule has 0 radical (unpaired) electrons. The fraction of sp³-hybridized carbons (Fsp3) is 0.625. The molecular weight excluding hydrogens is 236 g/mol. The maximum absolute atomic E-state index is 5.79. The summed E-state index contributed by atoms with van der Waals surface area (Å²) in [6.07, 6.45) is 2.32.